The van der Waals surface area contributed by atoms with E-state index in [2.05, 4.69) is 6.58 Å². The Kier molecular flexibility index (Phi) is 4.56. The zero-order valence-electron chi connectivity index (χ0n) is 15.2. The lowest BCUT2D eigenvalue weighted by atomic mass is 9.64. The van der Waals surface area contributed by atoms with Crippen LogP contribution in [-0.4, -0.2) is 29.9 Å². The van der Waals surface area contributed by atoms with Crippen LogP contribution in [0.15, 0.2) is 48.2 Å². The van der Waals surface area contributed by atoms with Crippen molar-refractivity contribution in [1.29, 1.82) is 0 Å². The van der Waals surface area contributed by atoms with Gasteiger partial charge in [-0.3, -0.25) is 0 Å². The van der Waals surface area contributed by atoms with Gasteiger partial charge in [-0.05, 0) is 31.8 Å². The first kappa shape index (κ1) is 17.8. The molecule has 0 aromatic carbocycles. The van der Waals surface area contributed by atoms with E-state index in [0.717, 1.165) is 23.3 Å². The van der Waals surface area contributed by atoms with E-state index in [-0.39, 0.29) is 11.8 Å². The minimum absolute atomic E-state index is 0.0218. The summed E-state index contributed by atoms with van der Waals surface area (Å²) < 4.78 is 13.0. The Labute approximate surface area is 148 Å². The molecule has 0 spiro atoms. The zero-order valence-corrected chi connectivity index (χ0v) is 15.2. The van der Waals surface area contributed by atoms with Gasteiger partial charge >= 0.3 is 5.97 Å². The fourth-order valence-corrected chi connectivity index (χ4v) is 4.28. The van der Waals surface area contributed by atoms with Crippen LogP contribution in [0.1, 0.15) is 32.1 Å². The van der Waals surface area contributed by atoms with Gasteiger partial charge in [0.1, 0.15) is 18.8 Å². The van der Waals surface area contributed by atoms with Crippen LogP contribution in [0.3, 0.4) is 0 Å². The number of rotatable bonds is 3. The maximum absolute atomic E-state index is 12.4. The molecule has 1 aromatic heterocycles. The van der Waals surface area contributed by atoms with Crippen molar-refractivity contribution in [3.63, 3.8) is 0 Å². The Hall–Kier alpha value is -1.98. The Bertz CT molecular complexity index is 741. The minimum Gasteiger partial charge on any atom is -0.467 e. The van der Waals surface area contributed by atoms with Crippen molar-refractivity contribution in [2.45, 2.75) is 38.1 Å². The summed E-state index contributed by atoms with van der Waals surface area (Å²) in [6.45, 7) is 7.94. The average Bonchev–Trinajstić information content (AvgIpc) is 2.90. The van der Waals surface area contributed by atoms with Gasteiger partial charge in [-0.1, -0.05) is 24.3 Å². The number of aryl methyl sites for hydroxylation is 1. The molecule has 1 aromatic rings. The largest absolute Gasteiger partial charge is 0.467 e. The van der Waals surface area contributed by atoms with Crippen LogP contribution in [0.5, 0.6) is 0 Å². The first-order valence-corrected chi connectivity index (χ1v) is 8.55. The summed E-state index contributed by atoms with van der Waals surface area (Å²) in [5.41, 5.74) is 1.25. The van der Waals surface area contributed by atoms with Crippen LogP contribution in [0.25, 0.3) is 0 Å². The number of hydrogen-bond donors (Lipinski definition) is 1. The first-order chi connectivity index (χ1) is 11.8. The molecule has 0 saturated carbocycles. The molecule has 5 heteroatoms. The Morgan fingerprint density at radius 1 is 1.48 bits per heavy atom. The molecule has 1 N–H and O–H groups in total. The van der Waals surface area contributed by atoms with Gasteiger partial charge in [-0.2, -0.15) is 0 Å². The lowest BCUT2D eigenvalue weighted by molar-refractivity contribution is -0.683. The number of aliphatic hydroxyl groups is 1. The van der Waals surface area contributed by atoms with Crippen LogP contribution in [0, 0.1) is 11.8 Å². The highest BCUT2D eigenvalue weighted by atomic mass is 16.6. The third-order valence-corrected chi connectivity index (χ3v) is 5.69. The number of hydrogen-bond acceptors (Lipinski definition) is 4. The summed E-state index contributed by atoms with van der Waals surface area (Å²) in [4.78, 5) is 12.4. The molecule has 5 atom stereocenters. The van der Waals surface area contributed by atoms with Crippen LogP contribution < -0.4 is 4.57 Å². The molecule has 1 aliphatic carbocycles. The summed E-state index contributed by atoms with van der Waals surface area (Å²) in [6.07, 6.45) is 3.22. The number of ether oxygens (including phenoxy) is 2. The molecule has 0 unspecified atom stereocenters. The van der Waals surface area contributed by atoms with Crippen LogP contribution >= 0.6 is 0 Å². The van der Waals surface area contributed by atoms with E-state index in [4.69, 9.17) is 9.47 Å². The predicted octanol–water partition coefficient (Wildman–Crippen LogP) is 2.01. The van der Waals surface area contributed by atoms with Gasteiger partial charge in [0.05, 0.1) is 7.11 Å². The van der Waals surface area contributed by atoms with Crippen molar-refractivity contribution in [3.8, 4) is 0 Å². The SMILES string of the molecule is C=C(C)[C@H]1CC=C(C)[C@@]2(O)[C@@H]1[C@H](c1cccc[n+]1C)O[C@@H]2C(=O)OC. The first-order valence-electron chi connectivity index (χ1n) is 8.55. The number of fused-ring (bicyclic) bond motifs is 1. The van der Waals surface area contributed by atoms with Crippen molar-refractivity contribution in [3.05, 3.63) is 53.9 Å². The molecule has 134 valence electrons. The number of allylic oxidation sites excluding steroid dienone is 2. The maximum atomic E-state index is 12.4. The summed E-state index contributed by atoms with van der Waals surface area (Å²) in [5.74, 6) is -0.829. The Morgan fingerprint density at radius 2 is 2.20 bits per heavy atom. The van der Waals surface area contributed by atoms with Crippen LogP contribution in [0.2, 0.25) is 0 Å². The van der Waals surface area contributed by atoms with Gasteiger partial charge in [-0.25, -0.2) is 9.36 Å². The number of nitrogens with zero attached hydrogens (tertiary/aromatic N) is 1. The fourth-order valence-electron chi connectivity index (χ4n) is 4.28. The number of carbonyl (C=O) groups is 1. The normalized spacial score (nSPS) is 34.2. The van der Waals surface area contributed by atoms with Gasteiger partial charge in [0.25, 0.3) is 0 Å². The second kappa shape index (κ2) is 6.39. The van der Waals surface area contributed by atoms with E-state index < -0.39 is 23.8 Å². The Morgan fingerprint density at radius 3 is 2.80 bits per heavy atom. The molecular formula is C20H26NO4+. The molecule has 0 bridgehead atoms. The maximum Gasteiger partial charge on any atom is 0.338 e. The topological polar surface area (TPSA) is 59.6 Å². The fraction of sp³-hybridized carbons (Fsp3) is 0.500. The quantitative estimate of drug-likeness (QED) is 0.518. The third-order valence-electron chi connectivity index (χ3n) is 5.69. The van der Waals surface area contributed by atoms with Gasteiger partial charge in [0, 0.05) is 18.1 Å². The minimum atomic E-state index is -1.40. The van der Waals surface area contributed by atoms with E-state index in [0.29, 0.717) is 0 Å². The van der Waals surface area contributed by atoms with E-state index in [1.807, 2.05) is 55.9 Å². The summed E-state index contributed by atoms with van der Waals surface area (Å²) in [6, 6.07) is 5.84. The molecule has 3 rings (SSSR count). The van der Waals surface area contributed by atoms with Crippen molar-refractivity contribution >= 4 is 5.97 Å². The van der Waals surface area contributed by atoms with Gasteiger partial charge in [0.15, 0.2) is 12.3 Å². The molecule has 0 radical (unpaired) electrons. The van der Waals surface area contributed by atoms with Crippen molar-refractivity contribution in [2.75, 3.05) is 7.11 Å². The summed E-state index contributed by atoms with van der Waals surface area (Å²) in [5, 5.41) is 11.6. The lowest BCUT2D eigenvalue weighted by Gasteiger charge is -2.41. The molecule has 2 aliphatic rings. The molecule has 1 fully saturated rings. The lowest BCUT2D eigenvalue weighted by Crippen LogP contribution is -2.53. The third kappa shape index (κ3) is 2.62. The zero-order chi connectivity index (χ0) is 18.4. The van der Waals surface area contributed by atoms with E-state index in [1.165, 1.54) is 7.11 Å². The van der Waals surface area contributed by atoms with Gasteiger partial charge in [0.2, 0.25) is 5.69 Å². The van der Waals surface area contributed by atoms with Crippen molar-refractivity contribution in [1.82, 2.24) is 0 Å². The highest BCUT2D eigenvalue weighted by Crippen LogP contribution is 2.55. The summed E-state index contributed by atoms with van der Waals surface area (Å²) >= 11 is 0. The highest BCUT2D eigenvalue weighted by molar-refractivity contribution is 5.78. The number of methoxy groups -OCH3 is 1. The summed E-state index contributed by atoms with van der Waals surface area (Å²) in [7, 11) is 3.25. The van der Waals surface area contributed by atoms with Crippen LogP contribution in [-0.2, 0) is 21.3 Å². The molecule has 25 heavy (non-hydrogen) atoms. The smallest absolute Gasteiger partial charge is 0.338 e. The monoisotopic (exact) mass is 344 g/mol. The second-order valence-electron chi connectivity index (χ2n) is 7.12. The standard InChI is InChI=1S/C20H26NO4/c1-12(2)14-10-9-13(3)20(23)16(14)17(25-18(20)19(22)24-5)15-8-6-7-11-21(15)4/h6-9,11,14,16-18,23H,1,10H2,2-5H3/q+1/t14-,16+,17+,18-,20-/m1/s1. The molecule has 1 aliphatic heterocycles. The van der Waals surface area contributed by atoms with Crippen LogP contribution in [0.4, 0.5) is 0 Å². The number of aromatic nitrogens is 1. The molecule has 0 amide bonds. The number of carbonyl (C=O) groups excluding carboxylic acids is 1. The molecule has 2 heterocycles. The second-order valence-corrected chi connectivity index (χ2v) is 7.12. The highest BCUT2D eigenvalue weighted by Gasteiger charge is 2.64. The van der Waals surface area contributed by atoms with Gasteiger partial charge < -0.3 is 14.6 Å². The molecule has 5 nitrogen and oxygen atoms in total. The van der Waals surface area contributed by atoms with Crippen molar-refractivity contribution in [2.24, 2.45) is 18.9 Å². The van der Waals surface area contributed by atoms with E-state index in [1.54, 1.807) is 0 Å². The number of pyridine rings is 1. The van der Waals surface area contributed by atoms with Crippen molar-refractivity contribution < 1.29 is 23.9 Å². The Balaban J connectivity index is 2.18. The average molecular weight is 344 g/mol. The van der Waals surface area contributed by atoms with E-state index >= 15 is 0 Å². The predicted molar refractivity (Wildman–Crippen MR) is 92.4 cm³/mol. The molecular weight excluding hydrogens is 318 g/mol. The van der Waals surface area contributed by atoms with E-state index in [9.17, 15) is 9.90 Å². The van der Waals surface area contributed by atoms with Gasteiger partial charge in [-0.15, -0.1) is 0 Å². The number of esters is 1. The molecule has 1 saturated heterocycles.